The molecule has 1 saturated carbocycles. The SMILES string of the molecule is CC[C@H](N)c1ccccc1SC1CCCCC1. The van der Waals surface area contributed by atoms with Crippen molar-refractivity contribution in [2.75, 3.05) is 0 Å². The molecule has 0 radical (unpaired) electrons. The minimum atomic E-state index is 0.197. The van der Waals surface area contributed by atoms with Gasteiger partial charge in [-0.1, -0.05) is 44.4 Å². The molecule has 94 valence electrons. The number of rotatable bonds is 4. The highest BCUT2D eigenvalue weighted by Gasteiger charge is 2.17. The van der Waals surface area contributed by atoms with Gasteiger partial charge in [0.1, 0.15) is 0 Å². The summed E-state index contributed by atoms with van der Waals surface area (Å²) in [5.74, 6) is 0. The summed E-state index contributed by atoms with van der Waals surface area (Å²) in [5.41, 5.74) is 7.53. The molecule has 2 heteroatoms. The average molecular weight is 249 g/mol. The molecule has 0 amide bonds. The van der Waals surface area contributed by atoms with Crippen molar-refractivity contribution in [1.82, 2.24) is 0 Å². The van der Waals surface area contributed by atoms with E-state index in [9.17, 15) is 0 Å². The van der Waals surface area contributed by atoms with Gasteiger partial charge in [-0.25, -0.2) is 0 Å². The molecule has 1 fully saturated rings. The van der Waals surface area contributed by atoms with Crippen LogP contribution in [0, 0.1) is 0 Å². The Morgan fingerprint density at radius 2 is 1.94 bits per heavy atom. The molecule has 0 aromatic heterocycles. The van der Waals surface area contributed by atoms with Crippen LogP contribution < -0.4 is 5.73 Å². The third-order valence-corrected chi connectivity index (χ3v) is 5.03. The Labute approximate surface area is 109 Å². The van der Waals surface area contributed by atoms with Crippen molar-refractivity contribution in [2.45, 2.75) is 61.6 Å². The van der Waals surface area contributed by atoms with E-state index in [2.05, 4.69) is 43.0 Å². The molecule has 0 heterocycles. The second-order valence-corrected chi connectivity index (χ2v) is 6.27. The van der Waals surface area contributed by atoms with Crippen molar-refractivity contribution in [2.24, 2.45) is 5.73 Å². The summed E-state index contributed by atoms with van der Waals surface area (Å²) in [5, 5.41) is 0.814. The van der Waals surface area contributed by atoms with Crippen molar-refractivity contribution in [3.05, 3.63) is 29.8 Å². The van der Waals surface area contributed by atoms with E-state index in [0.717, 1.165) is 11.7 Å². The number of nitrogens with two attached hydrogens (primary N) is 1. The van der Waals surface area contributed by atoms with Crippen LogP contribution in [0.3, 0.4) is 0 Å². The van der Waals surface area contributed by atoms with E-state index in [1.165, 1.54) is 42.6 Å². The van der Waals surface area contributed by atoms with Crippen molar-refractivity contribution in [1.29, 1.82) is 0 Å². The summed E-state index contributed by atoms with van der Waals surface area (Å²) in [6, 6.07) is 8.87. The molecule has 1 aromatic rings. The smallest absolute Gasteiger partial charge is 0.0303 e. The third-order valence-electron chi connectivity index (χ3n) is 3.60. The van der Waals surface area contributed by atoms with Crippen LogP contribution in [-0.4, -0.2) is 5.25 Å². The van der Waals surface area contributed by atoms with Crippen molar-refractivity contribution >= 4 is 11.8 Å². The molecule has 2 N–H and O–H groups in total. The summed E-state index contributed by atoms with van der Waals surface area (Å²) >= 11 is 2.05. The quantitative estimate of drug-likeness (QED) is 0.849. The maximum atomic E-state index is 6.19. The zero-order valence-electron chi connectivity index (χ0n) is 10.7. The van der Waals surface area contributed by atoms with Crippen molar-refractivity contribution < 1.29 is 0 Å². The van der Waals surface area contributed by atoms with Gasteiger partial charge in [0.25, 0.3) is 0 Å². The molecule has 1 atom stereocenters. The standard InChI is InChI=1S/C15H23NS/c1-2-14(16)13-10-6-7-11-15(13)17-12-8-4-3-5-9-12/h6-7,10-12,14H,2-5,8-9,16H2,1H3/t14-/m0/s1. The van der Waals surface area contributed by atoms with E-state index in [4.69, 9.17) is 5.73 Å². The minimum absolute atomic E-state index is 0.197. The molecule has 0 unspecified atom stereocenters. The number of benzene rings is 1. The van der Waals surface area contributed by atoms with Gasteiger partial charge in [-0.05, 0) is 30.9 Å². The second-order valence-electron chi connectivity index (χ2n) is 4.93. The van der Waals surface area contributed by atoms with Crippen molar-refractivity contribution in [3.63, 3.8) is 0 Å². The summed E-state index contributed by atoms with van der Waals surface area (Å²) in [4.78, 5) is 1.41. The molecule has 2 rings (SSSR count). The largest absolute Gasteiger partial charge is 0.324 e. The molecule has 0 aliphatic heterocycles. The van der Waals surface area contributed by atoms with Gasteiger partial charge in [-0.15, -0.1) is 11.8 Å². The van der Waals surface area contributed by atoms with Crippen LogP contribution in [0.4, 0.5) is 0 Å². The Balaban J connectivity index is 2.08. The molecule has 0 spiro atoms. The van der Waals surface area contributed by atoms with Gasteiger partial charge >= 0.3 is 0 Å². The monoisotopic (exact) mass is 249 g/mol. The summed E-state index contributed by atoms with van der Waals surface area (Å²) in [6.07, 6.45) is 8.00. The lowest BCUT2D eigenvalue weighted by atomic mass is 10.0. The first-order chi connectivity index (χ1) is 8.31. The van der Waals surface area contributed by atoms with Gasteiger partial charge in [0.2, 0.25) is 0 Å². The Kier molecular flexibility index (Phi) is 4.93. The van der Waals surface area contributed by atoms with Crippen LogP contribution in [0.5, 0.6) is 0 Å². The van der Waals surface area contributed by atoms with Gasteiger partial charge < -0.3 is 5.73 Å². The fraction of sp³-hybridized carbons (Fsp3) is 0.600. The molecular weight excluding hydrogens is 226 g/mol. The van der Waals surface area contributed by atoms with E-state index >= 15 is 0 Å². The Morgan fingerprint density at radius 1 is 1.24 bits per heavy atom. The molecule has 1 nitrogen and oxygen atoms in total. The topological polar surface area (TPSA) is 26.0 Å². The number of hydrogen-bond acceptors (Lipinski definition) is 2. The van der Waals surface area contributed by atoms with Crippen molar-refractivity contribution in [3.8, 4) is 0 Å². The fourth-order valence-corrected chi connectivity index (χ4v) is 3.92. The average Bonchev–Trinajstić information content (AvgIpc) is 2.40. The van der Waals surface area contributed by atoms with E-state index in [1.54, 1.807) is 0 Å². The predicted octanol–water partition coefficient (Wildman–Crippen LogP) is 4.52. The Morgan fingerprint density at radius 3 is 2.65 bits per heavy atom. The van der Waals surface area contributed by atoms with E-state index in [-0.39, 0.29) is 6.04 Å². The highest BCUT2D eigenvalue weighted by atomic mass is 32.2. The molecule has 0 saturated heterocycles. The molecule has 0 bridgehead atoms. The summed E-state index contributed by atoms with van der Waals surface area (Å²) < 4.78 is 0. The predicted molar refractivity (Wildman–Crippen MR) is 76.4 cm³/mol. The van der Waals surface area contributed by atoms with Gasteiger partial charge in [0, 0.05) is 16.2 Å². The van der Waals surface area contributed by atoms with Crippen LogP contribution >= 0.6 is 11.8 Å². The van der Waals surface area contributed by atoms with Crippen LogP contribution in [0.25, 0.3) is 0 Å². The van der Waals surface area contributed by atoms with E-state index < -0.39 is 0 Å². The Bertz CT molecular complexity index is 345. The maximum absolute atomic E-state index is 6.19. The molecule has 1 aromatic carbocycles. The maximum Gasteiger partial charge on any atom is 0.0303 e. The summed E-state index contributed by atoms with van der Waals surface area (Å²) in [7, 11) is 0. The summed E-state index contributed by atoms with van der Waals surface area (Å²) in [6.45, 7) is 2.16. The first-order valence-electron chi connectivity index (χ1n) is 6.82. The van der Waals surface area contributed by atoms with E-state index in [1.807, 2.05) is 0 Å². The number of hydrogen-bond donors (Lipinski definition) is 1. The zero-order chi connectivity index (χ0) is 12.1. The van der Waals surface area contributed by atoms with Crippen LogP contribution in [0.2, 0.25) is 0 Å². The fourth-order valence-electron chi connectivity index (χ4n) is 2.48. The zero-order valence-corrected chi connectivity index (χ0v) is 11.5. The van der Waals surface area contributed by atoms with E-state index in [0.29, 0.717) is 0 Å². The van der Waals surface area contributed by atoms with Gasteiger partial charge in [0.05, 0.1) is 0 Å². The third kappa shape index (κ3) is 3.49. The Hall–Kier alpha value is -0.470. The normalized spacial score (nSPS) is 19.2. The van der Waals surface area contributed by atoms with Gasteiger partial charge in [0.15, 0.2) is 0 Å². The highest BCUT2D eigenvalue weighted by Crippen LogP contribution is 2.36. The first kappa shape index (κ1) is 13.0. The van der Waals surface area contributed by atoms with Gasteiger partial charge in [-0.3, -0.25) is 0 Å². The van der Waals surface area contributed by atoms with Crippen LogP contribution in [0.15, 0.2) is 29.2 Å². The molecule has 17 heavy (non-hydrogen) atoms. The number of thioether (sulfide) groups is 1. The molecule has 1 aliphatic rings. The van der Waals surface area contributed by atoms with Crippen LogP contribution in [0.1, 0.15) is 57.1 Å². The lowest BCUT2D eigenvalue weighted by Gasteiger charge is -2.23. The minimum Gasteiger partial charge on any atom is -0.324 e. The second kappa shape index (κ2) is 6.46. The first-order valence-corrected chi connectivity index (χ1v) is 7.70. The molecule has 1 aliphatic carbocycles. The van der Waals surface area contributed by atoms with Gasteiger partial charge in [-0.2, -0.15) is 0 Å². The lowest BCUT2D eigenvalue weighted by molar-refractivity contribution is 0.516. The lowest BCUT2D eigenvalue weighted by Crippen LogP contribution is -2.12. The highest BCUT2D eigenvalue weighted by molar-refractivity contribution is 8.00. The van der Waals surface area contributed by atoms with Crippen LogP contribution in [-0.2, 0) is 0 Å². The molecular formula is C15H23NS.